The summed E-state index contributed by atoms with van der Waals surface area (Å²) in [6.07, 6.45) is 1.24. The van der Waals surface area contributed by atoms with Crippen LogP contribution in [0.4, 0.5) is 5.69 Å². The van der Waals surface area contributed by atoms with Crippen molar-refractivity contribution in [3.8, 4) is 5.75 Å². The van der Waals surface area contributed by atoms with Crippen LogP contribution in [0.25, 0.3) is 11.0 Å². The summed E-state index contributed by atoms with van der Waals surface area (Å²) in [6.45, 7) is 0. The average molecular weight is 512 g/mol. The Kier molecular flexibility index (Phi) is 7.08. The zero-order valence-corrected chi connectivity index (χ0v) is 19.5. The van der Waals surface area contributed by atoms with Gasteiger partial charge in [-0.1, -0.05) is 42.1 Å². The second-order valence-electron chi connectivity index (χ2n) is 6.97. The molecule has 0 fully saturated rings. The SMILES string of the molecule is O=C(CSc1nc2ccccc2[nH]1)N/N=C\c1ccccc1OS(=O)(=O)c1cccc([N+](=O)[O-])c1. The Morgan fingerprint density at radius 2 is 1.91 bits per heavy atom. The molecule has 0 atom stereocenters. The molecule has 0 aliphatic rings. The number of amides is 1. The van der Waals surface area contributed by atoms with Gasteiger partial charge in [-0.25, -0.2) is 10.4 Å². The van der Waals surface area contributed by atoms with Crippen LogP contribution in [0.3, 0.4) is 0 Å². The number of aromatic amines is 1. The predicted molar refractivity (Wildman–Crippen MR) is 130 cm³/mol. The van der Waals surface area contributed by atoms with E-state index in [0.29, 0.717) is 5.16 Å². The van der Waals surface area contributed by atoms with Crippen molar-refractivity contribution < 1.29 is 22.3 Å². The van der Waals surface area contributed by atoms with E-state index in [9.17, 15) is 23.3 Å². The number of imidazole rings is 1. The number of rotatable bonds is 9. The second-order valence-corrected chi connectivity index (χ2v) is 9.48. The van der Waals surface area contributed by atoms with E-state index >= 15 is 0 Å². The number of nitrogens with zero attached hydrogens (tertiary/aromatic N) is 3. The first kappa shape index (κ1) is 23.9. The number of thioether (sulfide) groups is 1. The molecule has 35 heavy (non-hydrogen) atoms. The molecule has 0 spiro atoms. The van der Waals surface area contributed by atoms with Crippen molar-refractivity contribution in [1.29, 1.82) is 0 Å². The Morgan fingerprint density at radius 1 is 1.14 bits per heavy atom. The molecule has 0 saturated heterocycles. The van der Waals surface area contributed by atoms with Crippen molar-refractivity contribution in [2.75, 3.05) is 5.75 Å². The van der Waals surface area contributed by atoms with Crippen molar-refractivity contribution in [3.63, 3.8) is 0 Å². The summed E-state index contributed by atoms with van der Waals surface area (Å²) in [7, 11) is -4.35. The molecule has 4 rings (SSSR count). The number of para-hydroxylation sites is 3. The fourth-order valence-electron chi connectivity index (χ4n) is 2.92. The van der Waals surface area contributed by atoms with Crippen LogP contribution in [0.2, 0.25) is 0 Å². The molecule has 0 bridgehead atoms. The van der Waals surface area contributed by atoms with Gasteiger partial charge in [0.2, 0.25) is 0 Å². The number of H-pyrrole nitrogens is 1. The van der Waals surface area contributed by atoms with Gasteiger partial charge >= 0.3 is 10.1 Å². The number of non-ortho nitro benzene ring substituents is 1. The lowest BCUT2D eigenvalue weighted by molar-refractivity contribution is -0.385. The van der Waals surface area contributed by atoms with Gasteiger partial charge < -0.3 is 9.17 Å². The standard InChI is InChI=1S/C22H17N5O6S2/c28-21(14-34-22-24-18-9-2-3-10-19(18)25-22)26-23-13-15-6-1-4-11-20(15)33-35(31,32)17-8-5-7-16(12-17)27(29)30/h1-13H,14H2,(H,24,25)(H,26,28)/b23-13-. The minimum atomic E-state index is -4.35. The van der Waals surface area contributed by atoms with Gasteiger partial charge in [-0.3, -0.25) is 14.9 Å². The maximum Gasteiger partial charge on any atom is 0.339 e. The molecule has 0 aliphatic carbocycles. The zero-order valence-electron chi connectivity index (χ0n) is 17.8. The Bertz CT molecular complexity index is 1500. The van der Waals surface area contributed by atoms with Gasteiger partial charge in [0.05, 0.1) is 27.9 Å². The van der Waals surface area contributed by atoms with Gasteiger partial charge in [0, 0.05) is 17.7 Å². The smallest absolute Gasteiger partial charge is 0.339 e. The third kappa shape index (κ3) is 6.02. The molecular weight excluding hydrogens is 494 g/mol. The lowest BCUT2D eigenvalue weighted by Crippen LogP contribution is -2.19. The van der Waals surface area contributed by atoms with Crippen LogP contribution in [0.1, 0.15) is 5.56 Å². The third-order valence-electron chi connectivity index (χ3n) is 4.54. The Balaban J connectivity index is 1.39. The molecule has 3 aromatic carbocycles. The summed E-state index contributed by atoms with van der Waals surface area (Å²) < 4.78 is 30.4. The molecule has 0 aliphatic heterocycles. The Labute approximate surface area is 203 Å². The number of carbonyl (C=O) groups excluding carboxylic acids is 1. The fourth-order valence-corrected chi connectivity index (χ4v) is 4.59. The summed E-state index contributed by atoms with van der Waals surface area (Å²) in [5.41, 5.74) is 3.92. The van der Waals surface area contributed by atoms with E-state index in [-0.39, 0.29) is 27.6 Å². The minimum absolute atomic E-state index is 0.0521. The minimum Gasteiger partial charge on any atom is -0.378 e. The van der Waals surface area contributed by atoms with Crippen molar-refractivity contribution in [2.45, 2.75) is 10.1 Å². The number of nitro benzene ring substituents is 1. The van der Waals surface area contributed by atoms with Crippen LogP contribution >= 0.6 is 11.8 Å². The van der Waals surface area contributed by atoms with E-state index in [0.717, 1.165) is 17.1 Å². The van der Waals surface area contributed by atoms with E-state index in [1.807, 2.05) is 24.3 Å². The third-order valence-corrected chi connectivity index (χ3v) is 6.64. The molecule has 0 saturated carbocycles. The van der Waals surface area contributed by atoms with E-state index in [2.05, 4.69) is 20.5 Å². The summed E-state index contributed by atoms with van der Waals surface area (Å²) in [5, 5.41) is 15.4. The molecule has 2 N–H and O–H groups in total. The molecule has 4 aromatic rings. The van der Waals surface area contributed by atoms with Crippen molar-refractivity contribution >= 4 is 50.7 Å². The molecule has 11 nitrogen and oxygen atoms in total. The quantitative estimate of drug-likeness (QED) is 0.114. The largest absolute Gasteiger partial charge is 0.378 e. The van der Waals surface area contributed by atoms with Crippen LogP contribution < -0.4 is 9.61 Å². The molecule has 178 valence electrons. The van der Waals surface area contributed by atoms with Crippen molar-refractivity contribution in [3.05, 3.63) is 88.5 Å². The van der Waals surface area contributed by atoms with Gasteiger partial charge in [-0.2, -0.15) is 13.5 Å². The van der Waals surface area contributed by atoms with E-state index in [1.54, 1.807) is 12.1 Å². The maximum absolute atomic E-state index is 12.6. The van der Waals surface area contributed by atoms with E-state index in [1.165, 1.54) is 48.3 Å². The summed E-state index contributed by atoms with van der Waals surface area (Å²) in [5.74, 6) is -0.404. The van der Waals surface area contributed by atoms with Gasteiger partial charge in [-0.05, 0) is 30.3 Å². The van der Waals surface area contributed by atoms with E-state index < -0.39 is 20.9 Å². The number of hydrogen-bond donors (Lipinski definition) is 2. The van der Waals surface area contributed by atoms with Gasteiger partial charge in [0.15, 0.2) is 10.9 Å². The molecular formula is C22H17N5O6S2. The van der Waals surface area contributed by atoms with Crippen molar-refractivity contribution in [2.24, 2.45) is 5.10 Å². The number of carbonyl (C=O) groups is 1. The number of hydrazone groups is 1. The average Bonchev–Trinajstić information content (AvgIpc) is 3.27. The second kappa shape index (κ2) is 10.4. The lowest BCUT2D eigenvalue weighted by Gasteiger charge is -2.09. The maximum atomic E-state index is 12.6. The zero-order chi connectivity index (χ0) is 24.8. The number of nitrogens with one attached hydrogen (secondary N) is 2. The van der Waals surface area contributed by atoms with Crippen LogP contribution in [-0.4, -0.2) is 41.2 Å². The highest BCUT2D eigenvalue weighted by molar-refractivity contribution is 7.99. The molecule has 1 amide bonds. The highest BCUT2D eigenvalue weighted by Crippen LogP contribution is 2.24. The molecule has 0 unspecified atom stereocenters. The number of hydrogen-bond acceptors (Lipinski definition) is 9. The Hall–Kier alpha value is -4.23. The van der Waals surface area contributed by atoms with Crippen LogP contribution in [0.5, 0.6) is 5.75 Å². The molecule has 13 heteroatoms. The highest BCUT2D eigenvalue weighted by Gasteiger charge is 2.21. The Morgan fingerprint density at radius 3 is 2.71 bits per heavy atom. The normalized spacial score (nSPS) is 11.5. The monoisotopic (exact) mass is 511 g/mol. The summed E-state index contributed by atoms with van der Waals surface area (Å²) >= 11 is 1.21. The first-order chi connectivity index (χ1) is 16.8. The van der Waals surface area contributed by atoms with E-state index in [4.69, 9.17) is 4.18 Å². The van der Waals surface area contributed by atoms with Crippen LogP contribution in [-0.2, 0) is 14.9 Å². The van der Waals surface area contributed by atoms with Gasteiger partial charge in [0.25, 0.3) is 11.6 Å². The first-order valence-electron chi connectivity index (χ1n) is 9.99. The first-order valence-corrected chi connectivity index (χ1v) is 12.4. The fraction of sp³-hybridized carbons (Fsp3) is 0.0455. The van der Waals surface area contributed by atoms with Crippen LogP contribution in [0, 0.1) is 10.1 Å². The molecule has 0 radical (unpaired) electrons. The lowest BCUT2D eigenvalue weighted by atomic mass is 10.2. The topological polar surface area (TPSA) is 157 Å². The molecule has 1 aromatic heterocycles. The van der Waals surface area contributed by atoms with Crippen LogP contribution in [0.15, 0.2) is 87.9 Å². The summed E-state index contributed by atoms with van der Waals surface area (Å²) in [6, 6.07) is 18.1. The van der Waals surface area contributed by atoms with Crippen molar-refractivity contribution in [1.82, 2.24) is 15.4 Å². The number of aromatic nitrogens is 2. The predicted octanol–water partition coefficient (Wildman–Crippen LogP) is 3.48. The molecule has 1 heterocycles. The summed E-state index contributed by atoms with van der Waals surface area (Å²) in [4.78, 5) is 29.5. The van der Waals surface area contributed by atoms with Gasteiger partial charge in [0.1, 0.15) is 4.90 Å². The number of fused-ring (bicyclic) bond motifs is 1. The van der Waals surface area contributed by atoms with Gasteiger partial charge in [-0.15, -0.1) is 0 Å². The number of benzene rings is 3. The highest BCUT2D eigenvalue weighted by atomic mass is 32.2. The number of nitro groups is 1.